The van der Waals surface area contributed by atoms with Gasteiger partial charge in [-0.25, -0.2) is 0 Å². The molecule has 0 aliphatic carbocycles. The summed E-state index contributed by atoms with van der Waals surface area (Å²) in [5.74, 6) is 0. The maximum Gasteiger partial charge on any atom is 0.0929 e. The number of H-pyrrole nitrogens is 1. The first-order valence-corrected chi connectivity index (χ1v) is 6.10. The van der Waals surface area contributed by atoms with Gasteiger partial charge >= 0.3 is 0 Å². The molecule has 3 heteroatoms. The highest BCUT2D eigenvalue weighted by molar-refractivity contribution is 9.09. The SMILES string of the molecule is Cc1[nH]nc2cc(C=CCCBr)ccc12. The number of benzene rings is 1. The van der Waals surface area contributed by atoms with E-state index in [2.05, 4.69) is 56.5 Å². The average Bonchev–Trinajstić information content (AvgIpc) is 2.61. The van der Waals surface area contributed by atoms with Crippen molar-refractivity contribution in [3.8, 4) is 0 Å². The largest absolute Gasteiger partial charge is 0.282 e. The van der Waals surface area contributed by atoms with Crippen molar-refractivity contribution in [2.45, 2.75) is 13.3 Å². The Labute approximate surface area is 97.5 Å². The van der Waals surface area contributed by atoms with Gasteiger partial charge in [0.1, 0.15) is 0 Å². The van der Waals surface area contributed by atoms with Crippen LogP contribution in [0.3, 0.4) is 0 Å². The van der Waals surface area contributed by atoms with E-state index in [1.807, 2.05) is 6.92 Å². The van der Waals surface area contributed by atoms with E-state index in [1.165, 1.54) is 10.9 Å². The fourth-order valence-corrected chi connectivity index (χ4v) is 1.81. The van der Waals surface area contributed by atoms with Crippen molar-refractivity contribution < 1.29 is 0 Å². The molecule has 0 aliphatic heterocycles. The van der Waals surface area contributed by atoms with E-state index >= 15 is 0 Å². The van der Waals surface area contributed by atoms with Gasteiger partial charge in [0.15, 0.2) is 0 Å². The second kappa shape index (κ2) is 4.62. The van der Waals surface area contributed by atoms with Crippen LogP contribution in [-0.2, 0) is 0 Å². The molecule has 0 atom stereocenters. The Hall–Kier alpha value is -1.09. The third-order valence-electron chi connectivity index (χ3n) is 2.36. The van der Waals surface area contributed by atoms with Crippen molar-refractivity contribution in [1.82, 2.24) is 10.2 Å². The Morgan fingerprint density at radius 2 is 2.33 bits per heavy atom. The number of aromatic nitrogens is 2. The van der Waals surface area contributed by atoms with Gasteiger partial charge in [-0.2, -0.15) is 5.10 Å². The minimum Gasteiger partial charge on any atom is -0.282 e. The lowest BCUT2D eigenvalue weighted by Gasteiger charge is -1.93. The Morgan fingerprint density at radius 3 is 3.13 bits per heavy atom. The molecule has 0 bridgehead atoms. The summed E-state index contributed by atoms with van der Waals surface area (Å²) in [7, 11) is 0. The average molecular weight is 265 g/mol. The fraction of sp³-hybridized carbons (Fsp3) is 0.250. The number of aryl methyl sites for hydroxylation is 1. The predicted octanol–water partition coefficient (Wildman–Crippen LogP) is 3.67. The van der Waals surface area contributed by atoms with Crippen LogP contribution in [0.1, 0.15) is 17.7 Å². The van der Waals surface area contributed by atoms with E-state index in [0.29, 0.717) is 0 Å². The van der Waals surface area contributed by atoms with Crippen LogP contribution < -0.4 is 0 Å². The number of hydrogen-bond donors (Lipinski definition) is 1. The summed E-state index contributed by atoms with van der Waals surface area (Å²) in [5, 5.41) is 9.44. The number of alkyl halides is 1. The summed E-state index contributed by atoms with van der Waals surface area (Å²) < 4.78 is 0. The molecule has 78 valence electrons. The Balaban J connectivity index is 2.31. The van der Waals surface area contributed by atoms with Gasteiger partial charge < -0.3 is 0 Å². The fourth-order valence-electron chi connectivity index (χ4n) is 1.55. The highest BCUT2D eigenvalue weighted by Gasteiger charge is 2.00. The smallest absolute Gasteiger partial charge is 0.0929 e. The van der Waals surface area contributed by atoms with Crippen LogP contribution in [0.2, 0.25) is 0 Å². The van der Waals surface area contributed by atoms with Crippen LogP contribution >= 0.6 is 15.9 Å². The second-order valence-electron chi connectivity index (χ2n) is 3.51. The van der Waals surface area contributed by atoms with Crippen molar-refractivity contribution >= 4 is 32.9 Å². The molecule has 0 saturated heterocycles. The van der Waals surface area contributed by atoms with Gasteiger partial charge in [-0.3, -0.25) is 5.10 Å². The Bertz CT molecular complexity index is 485. The number of nitrogens with zero attached hydrogens (tertiary/aromatic N) is 1. The summed E-state index contributed by atoms with van der Waals surface area (Å²) in [6.45, 7) is 2.04. The van der Waals surface area contributed by atoms with E-state index in [-0.39, 0.29) is 0 Å². The van der Waals surface area contributed by atoms with Gasteiger partial charge in [-0.1, -0.05) is 40.2 Å². The third-order valence-corrected chi connectivity index (χ3v) is 2.81. The van der Waals surface area contributed by atoms with Gasteiger partial charge in [0.25, 0.3) is 0 Å². The van der Waals surface area contributed by atoms with Crippen molar-refractivity contribution in [1.29, 1.82) is 0 Å². The Kier molecular flexibility index (Phi) is 3.21. The maximum absolute atomic E-state index is 4.24. The molecule has 2 aromatic rings. The zero-order valence-corrected chi connectivity index (χ0v) is 10.2. The van der Waals surface area contributed by atoms with E-state index in [9.17, 15) is 0 Å². The molecule has 1 aromatic carbocycles. The van der Waals surface area contributed by atoms with Crippen LogP contribution in [0.5, 0.6) is 0 Å². The highest BCUT2D eigenvalue weighted by atomic mass is 79.9. The number of halogens is 1. The number of aromatic amines is 1. The van der Waals surface area contributed by atoms with Crippen molar-refractivity contribution in [3.63, 3.8) is 0 Å². The molecular formula is C12H13BrN2. The Morgan fingerprint density at radius 1 is 1.47 bits per heavy atom. The molecule has 0 unspecified atom stereocenters. The van der Waals surface area contributed by atoms with Gasteiger partial charge in [0, 0.05) is 16.4 Å². The van der Waals surface area contributed by atoms with Crippen molar-refractivity contribution in [3.05, 3.63) is 35.5 Å². The standard InChI is InChI=1S/C12H13BrN2/c1-9-11-6-5-10(4-2-3-7-13)8-12(11)15-14-9/h2,4-6,8H,3,7H2,1H3,(H,14,15). The number of nitrogens with one attached hydrogen (secondary N) is 1. The maximum atomic E-state index is 4.24. The molecule has 1 aromatic heterocycles. The summed E-state index contributed by atoms with van der Waals surface area (Å²) >= 11 is 3.40. The van der Waals surface area contributed by atoms with Crippen LogP contribution in [0.4, 0.5) is 0 Å². The number of rotatable bonds is 3. The number of allylic oxidation sites excluding steroid dienone is 1. The normalized spacial score (nSPS) is 11.6. The predicted molar refractivity (Wildman–Crippen MR) is 68.3 cm³/mol. The zero-order valence-electron chi connectivity index (χ0n) is 8.63. The molecule has 2 rings (SSSR count). The molecule has 0 spiro atoms. The molecular weight excluding hydrogens is 252 g/mol. The van der Waals surface area contributed by atoms with Crippen LogP contribution in [0.15, 0.2) is 24.3 Å². The molecule has 1 heterocycles. The lowest BCUT2D eigenvalue weighted by molar-refractivity contribution is 1.07. The minimum atomic E-state index is 1.01. The van der Waals surface area contributed by atoms with E-state index in [1.54, 1.807) is 0 Å². The quantitative estimate of drug-likeness (QED) is 0.843. The lowest BCUT2D eigenvalue weighted by Crippen LogP contribution is -1.74. The molecule has 15 heavy (non-hydrogen) atoms. The van der Waals surface area contributed by atoms with E-state index in [4.69, 9.17) is 0 Å². The highest BCUT2D eigenvalue weighted by Crippen LogP contribution is 2.17. The first-order chi connectivity index (χ1) is 7.31. The monoisotopic (exact) mass is 264 g/mol. The van der Waals surface area contributed by atoms with Crippen molar-refractivity contribution in [2.24, 2.45) is 0 Å². The van der Waals surface area contributed by atoms with Gasteiger partial charge in [0.2, 0.25) is 0 Å². The lowest BCUT2D eigenvalue weighted by atomic mass is 10.1. The van der Waals surface area contributed by atoms with Crippen LogP contribution in [0, 0.1) is 6.92 Å². The molecule has 2 nitrogen and oxygen atoms in total. The van der Waals surface area contributed by atoms with E-state index < -0.39 is 0 Å². The zero-order chi connectivity index (χ0) is 10.7. The molecule has 0 aliphatic rings. The second-order valence-corrected chi connectivity index (χ2v) is 4.30. The molecule has 0 fully saturated rings. The van der Waals surface area contributed by atoms with Gasteiger partial charge in [-0.15, -0.1) is 0 Å². The molecule has 0 amide bonds. The van der Waals surface area contributed by atoms with Gasteiger partial charge in [-0.05, 0) is 25.0 Å². The van der Waals surface area contributed by atoms with Gasteiger partial charge in [0.05, 0.1) is 5.52 Å². The van der Waals surface area contributed by atoms with Crippen LogP contribution in [-0.4, -0.2) is 15.5 Å². The molecule has 0 saturated carbocycles. The first-order valence-electron chi connectivity index (χ1n) is 4.98. The van der Waals surface area contributed by atoms with E-state index in [0.717, 1.165) is 23.0 Å². The van der Waals surface area contributed by atoms with Crippen molar-refractivity contribution in [2.75, 3.05) is 5.33 Å². The molecule has 1 N–H and O–H groups in total. The summed E-state index contributed by atoms with van der Waals surface area (Å²) in [6, 6.07) is 6.33. The molecule has 0 radical (unpaired) electrons. The third kappa shape index (κ3) is 2.29. The minimum absolute atomic E-state index is 1.01. The summed E-state index contributed by atoms with van der Waals surface area (Å²) in [5.41, 5.74) is 3.37. The first kappa shape index (κ1) is 10.4. The topological polar surface area (TPSA) is 28.7 Å². The number of hydrogen-bond acceptors (Lipinski definition) is 1. The van der Waals surface area contributed by atoms with Crippen LogP contribution in [0.25, 0.3) is 17.0 Å². The number of fused-ring (bicyclic) bond motifs is 1. The summed E-state index contributed by atoms with van der Waals surface area (Å²) in [4.78, 5) is 0. The summed E-state index contributed by atoms with van der Waals surface area (Å²) in [6.07, 6.45) is 5.35.